The van der Waals surface area contributed by atoms with Gasteiger partial charge >= 0.3 is 6.18 Å². The Labute approximate surface area is 195 Å². The lowest BCUT2D eigenvalue weighted by atomic mass is 10.0. The van der Waals surface area contributed by atoms with Crippen LogP contribution in [0.1, 0.15) is 11.1 Å². The van der Waals surface area contributed by atoms with E-state index in [0.29, 0.717) is 16.4 Å². The molecule has 1 saturated heterocycles. The van der Waals surface area contributed by atoms with Crippen LogP contribution < -0.4 is 4.74 Å². The second-order valence-corrected chi connectivity index (χ2v) is 9.88. The maximum atomic E-state index is 13.9. The van der Waals surface area contributed by atoms with E-state index in [-0.39, 0.29) is 11.3 Å². The third kappa shape index (κ3) is 4.89. The van der Waals surface area contributed by atoms with Crippen LogP contribution in [0, 0.1) is 17.1 Å². The number of alkyl halides is 3. The number of hydrogen-bond donors (Lipinski definition) is 2. The van der Waals surface area contributed by atoms with E-state index >= 15 is 0 Å². The largest absolute Gasteiger partial charge is 0.486 e. The summed E-state index contributed by atoms with van der Waals surface area (Å²) in [6.45, 7) is -2.26. The third-order valence-electron chi connectivity index (χ3n) is 4.96. The van der Waals surface area contributed by atoms with Gasteiger partial charge in [-0.05, 0) is 24.3 Å². The van der Waals surface area contributed by atoms with Gasteiger partial charge in [0, 0.05) is 12.6 Å². The van der Waals surface area contributed by atoms with E-state index in [1.54, 1.807) is 6.07 Å². The van der Waals surface area contributed by atoms with Crippen molar-refractivity contribution in [3.63, 3.8) is 0 Å². The van der Waals surface area contributed by atoms with Crippen LogP contribution in [0.4, 0.5) is 17.6 Å². The van der Waals surface area contributed by atoms with Crippen molar-refractivity contribution in [2.45, 2.75) is 22.8 Å². The van der Waals surface area contributed by atoms with Crippen molar-refractivity contribution in [1.29, 1.82) is 5.26 Å². The molecule has 1 fully saturated rings. The normalized spacial score (nSPS) is 21.7. The third-order valence-corrected chi connectivity index (χ3v) is 7.69. The summed E-state index contributed by atoms with van der Waals surface area (Å²) in [6, 6.07) is 5.58. The zero-order valence-electron chi connectivity index (χ0n) is 16.3. The molecule has 0 aliphatic carbocycles. The predicted molar refractivity (Wildman–Crippen MR) is 108 cm³/mol. The van der Waals surface area contributed by atoms with Crippen molar-refractivity contribution in [1.82, 2.24) is 4.31 Å². The Kier molecular flexibility index (Phi) is 6.87. The number of nitriles is 1. The maximum Gasteiger partial charge on any atom is 0.416 e. The van der Waals surface area contributed by atoms with Crippen LogP contribution in [0.15, 0.2) is 35.2 Å². The zero-order chi connectivity index (χ0) is 24.8. The lowest BCUT2D eigenvalue weighted by Gasteiger charge is -2.27. The summed E-state index contributed by atoms with van der Waals surface area (Å²) in [7, 11) is -4.65. The molecule has 0 unspecified atom stereocenters. The highest BCUT2D eigenvalue weighted by Crippen LogP contribution is 2.40. The molecule has 1 heterocycles. The topological polar surface area (TPSA) is 111 Å². The van der Waals surface area contributed by atoms with E-state index in [2.05, 4.69) is 0 Å². The quantitative estimate of drug-likeness (QED) is 0.576. The number of hydrogen-bond acceptors (Lipinski definition) is 6. The number of aliphatic hydroxyl groups is 2. The molecule has 14 heteroatoms. The predicted octanol–water partition coefficient (Wildman–Crippen LogP) is 3.20. The van der Waals surface area contributed by atoms with Crippen molar-refractivity contribution in [2.24, 2.45) is 0 Å². The first-order valence-corrected chi connectivity index (χ1v) is 11.2. The molecule has 33 heavy (non-hydrogen) atoms. The molecule has 7 nitrogen and oxygen atoms in total. The number of rotatable bonds is 5. The van der Waals surface area contributed by atoms with E-state index in [1.165, 1.54) is 6.07 Å². The van der Waals surface area contributed by atoms with Gasteiger partial charge in [-0.25, -0.2) is 12.8 Å². The van der Waals surface area contributed by atoms with Crippen molar-refractivity contribution in [3.8, 4) is 11.8 Å². The van der Waals surface area contributed by atoms with Gasteiger partial charge in [-0.3, -0.25) is 0 Å². The van der Waals surface area contributed by atoms with Gasteiger partial charge in [0.15, 0.2) is 0 Å². The van der Waals surface area contributed by atoms with E-state index < -0.39 is 73.9 Å². The van der Waals surface area contributed by atoms with Crippen LogP contribution in [0.2, 0.25) is 10.0 Å². The lowest BCUT2D eigenvalue weighted by Crippen LogP contribution is -2.48. The summed E-state index contributed by atoms with van der Waals surface area (Å²) in [4.78, 5) is -0.816. The van der Waals surface area contributed by atoms with Gasteiger partial charge in [0.1, 0.15) is 34.2 Å². The second kappa shape index (κ2) is 8.90. The number of nitrogens with zero attached hydrogens (tertiary/aromatic N) is 2. The fourth-order valence-electron chi connectivity index (χ4n) is 3.23. The van der Waals surface area contributed by atoms with Gasteiger partial charge in [0.05, 0.1) is 34.3 Å². The fourth-order valence-corrected chi connectivity index (χ4v) is 5.90. The second-order valence-electron chi connectivity index (χ2n) is 7.19. The maximum absolute atomic E-state index is 13.9. The Hall–Kier alpha value is -2.14. The number of aliphatic hydroxyl groups excluding tert-OH is 1. The molecule has 2 aromatic carbocycles. The van der Waals surface area contributed by atoms with Gasteiger partial charge in [0.25, 0.3) is 0 Å². The first-order chi connectivity index (χ1) is 15.2. The van der Waals surface area contributed by atoms with Gasteiger partial charge in [-0.2, -0.15) is 22.7 Å². The number of β-amino-alcohol motifs (C(OH)–C–C–N with tert-alkyl or cyclic N) is 1. The Bertz CT molecular complexity index is 1210. The van der Waals surface area contributed by atoms with Gasteiger partial charge in [-0.1, -0.05) is 23.2 Å². The number of halogens is 6. The summed E-state index contributed by atoms with van der Waals surface area (Å²) < 4.78 is 85.1. The molecule has 0 spiro atoms. The Morgan fingerprint density at radius 2 is 1.85 bits per heavy atom. The van der Waals surface area contributed by atoms with Crippen LogP contribution in [-0.4, -0.2) is 54.3 Å². The Morgan fingerprint density at radius 3 is 2.33 bits per heavy atom. The standard InChI is InChI=1S/C19H14Cl2F4N2O5S/c20-13-3-11(19(23,24)25)4-14(21)17(13)33(30,31)27-7-16(18(29,8-27)9-28)32-12-2-1-10(6-26)15(22)5-12/h1-5,16,28-29H,7-9H2/t16-,18+/m0/s1. The molecule has 3 rings (SSSR count). The van der Waals surface area contributed by atoms with Crippen LogP contribution in [0.25, 0.3) is 0 Å². The first-order valence-electron chi connectivity index (χ1n) is 8.99. The average Bonchev–Trinajstić information content (AvgIpc) is 3.04. The molecule has 2 N–H and O–H groups in total. The summed E-state index contributed by atoms with van der Waals surface area (Å²) in [5.41, 5.74) is -3.68. The SMILES string of the molecule is N#Cc1ccc(O[C@H]2CN(S(=O)(=O)c3c(Cl)cc(C(F)(F)F)cc3Cl)C[C@@]2(O)CO)cc1F. The van der Waals surface area contributed by atoms with Crippen molar-refractivity contribution in [3.05, 3.63) is 57.3 Å². The highest BCUT2D eigenvalue weighted by molar-refractivity contribution is 7.89. The van der Waals surface area contributed by atoms with Crippen LogP contribution in [0.5, 0.6) is 5.75 Å². The Morgan fingerprint density at radius 1 is 1.24 bits per heavy atom. The van der Waals surface area contributed by atoms with E-state index in [1.807, 2.05) is 0 Å². The molecule has 2 aromatic rings. The molecule has 0 saturated carbocycles. The van der Waals surface area contributed by atoms with Crippen molar-refractivity contribution >= 4 is 33.2 Å². The molecule has 0 aromatic heterocycles. The molecule has 178 valence electrons. The zero-order valence-corrected chi connectivity index (χ0v) is 18.6. The van der Waals surface area contributed by atoms with Crippen molar-refractivity contribution < 1.29 is 40.9 Å². The van der Waals surface area contributed by atoms with Gasteiger partial charge in [0.2, 0.25) is 10.0 Å². The minimum absolute atomic E-state index is 0.159. The number of sulfonamides is 1. The van der Waals surface area contributed by atoms with Crippen LogP contribution >= 0.6 is 23.2 Å². The van der Waals surface area contributed by atoms with Crippen LogP contribution in [0.3, 0.4) is 0 Å². The first kappa shape index (κ1) is 25.5. The number of benzene rings is 2. The molecule has 0 amide bonds. The van der Waals surface area contributed by atoms with Crippen molar-refractivity contribution in [2.75, 3.05) is 19.7 Å². The van der Waals surface area contributed by atoms with E-state index in [0.717, 1.165) is 12.1 Å². The highest BCUT2D eigenvalue weighted by Gasteiger charge is 2.51. The minimum atomic E-state index is -4.82. The molecule has 0 radical (unpaired) electrons. The highest BCUT2D eigenvalue weighted by atomic mass is 35.5. The summed E-state index contributed by atoms with van der Waals surface area (Å²) in [5, 5.41) is 27.6. The summed E-state index contributed by atoms with van der Waals surface area (Å²) in [5.74, 6) is -1.08. The van der Waals surface area contributed by atoms with Gasteiger partial charge < -0.3 is 14.9 Å². The smallest absolute Gasteiger partial charge is 0.416 e. The van der Waals surface area contributed by atoms with Crippen LogP contribution in [-0.2, 0) is 16.2 Å². The summed E-state index contributed by atoms with van der Waals surface area (Å²) >= 11 is 11.6. The molecular formula is C19H14Cl2F4N2O5S. The van der Waals surface area contributed by atoms with E-state index in [4.69, 9.17) is 33.2 Å². The molecule has 1 aliphatic heterocycles. The molecular weight excluding hydrogens is 515 g/mol. The van der Waals surface area contributed by atoms with Gasteiger partial charge in [-0.15, -0.1) is 0 Å². The molecule has 2 atom stereocenters. The summed E-state index contributed by atoms with van der Waals surface area (Å²) in [6.07, 6.45) is -6.23. The molecule has 0 bridgehead atoms. The average molecular weight is 529 g/mol. The van der Waals surface area contributed by atoms with E-state index in [9.17, 15) is 36.2 Å². The molecule has 1 aliphatic rings. The minimum Gasteiger partial charge on any atom is -0.486 e. The number of ether oxygens (including phenoxy) is 1. The monoisotopic (exact) mass is 528 g/mol. The lowest BCUT2D eigenvalue weighted by molar-refractivity contribution is -0.137. The fraction of sp³-hybridized carbons (Fsp3) is 0.316. The Balaban J connectivity index is 1.95.